The molecule has 55 heavy (non-hydrogen) atoms. The molecule has 1 saturated heterocycles. The van der Waals surface area contributed by atoms with Crippen LogP contribution < -0.4 is 15.5 Å². The van der Waals surface area contributed by atoms with E-state index >= 15 is 0 Å². The lowest BCUT2D eigenvalue weighted by molar-refractivity contribution is -0.138. The third-order valence-electron chi connectivity index (χ3n) is 9.29. The van der Waals surface area contributed by atoms with Gasteiger partial charge in [0.1, 0.15) is 11.5 Å². The molecule has 0 atom stereocenters. The molecule has 11 nitrogen and oxygen atoms in total. The maximum absolute atomic E-state index is 13.3. The number of ether oxygens (including phenoxy) is 1. The molecule has 0 spiro atoms. The molecule has 0 aliphatic carbocycles. The van der Waals surface area contributed by atoms with Gasteiger partial charge in [-0.1, -0.05) is 42.9 Å². The van der Waals surface area contributed by atoms with Crippen LogP contribution in [0.3, 0.4) is 0 Å². The van der Waals surface area contributed by atoms with Crippen molar-refractivity contribution in [2.45, 2.75) is 83.4 Å². The number of piperidine rings is 1. The average Bonchev–Trinajstić information content (AvgIpc) is 3.55. The summed E-state index contributed by atoms with van der Waals surface area (Å²) in [5.41, 5.74) is 1.49. The van der Waals surface area contributed by atoms with Gasteiger partial charge in [0.25, 0.3) is 5.91 Å². The second kappa shape index (κ2) is 19.5. The number of nitrogens with zero attached hydrogens (tertiary/aromatic N) is 4. The normalized spacial score (nSPS) is 13.4. The van der Waals surface area contributed by atoms with E-state index in [1.807, 2.05) is 12.1 Å². The van der Waals surface area contributed by atoms with Crippen molar-refractivity contribution in [2.24, 2.45) is 0 Å². The van der Waals surface area contributed by atoms with Crippen LogP contribution >= 0.6 is 11.6 Å². The van der Waals surface area contributed by atoms with E-state index in [0.717, 1.165) is 76.0 Å². The number of imidazole rings is 1. The Balaban J connectivity index is 1.09. The predicted molar refractivity (Wildman–Crippen MR) is 203 cm³/mol. The number of carbonyl (C=O) groups excluding carboxylic acids is 2. The Bertz CT molecular complexity index is 2030. The maximum atomic E-state index is 13.3. The number of hydrogen-bond acceptors (Lipinski definition) is 7. The molecule has 2 aromatic heterocycles. The monoisotopic (exact) mass is 780 g/mol. The van der Waals surface area contributed by atoms with Crippen molar-refractivity contribution in [3.63, 3.8) is 0 Å². The zero-order valence-corrected chi connectivity index (χ0v) is 31.3. The highest BCUT2D eigenvalue weighted by atomic mass is 35.5. The minimum atomic E-state index is -4.62. The number of anilines is 2. The standard InChI is InChI=1S/C40H44ClF3N6O5/c1-27-28(9-7-10-34(27)39(54)47-31-24-29(40(42,43)44)23-30(41)25-31)13-14-32-26-46-35-15-16-36(48-50(32)35)49-20-17-33(18-21-49)55-22-8-19-45-37(51)11-5-3-2-4-6-12-38(52)53/h7,9-10,15-16,23-26,33H,2-6,8,11-12,17-22H2,1H3,(H,45,51)(H,47,54)(H,52,53). The van der Waals surface area contributed by atoms with Gasteiger partial charge in [-0.3, -0.25) is 14.4 Å². The van der Waals surface area contributed by atoms with Crippen molar-refractivity contribution < 1.29 is 37.4 Å². The first-order valence-corrected chi connectivity index (χ1v) is 18.8. The number of aliphatic carboxylic acids is 1. The molecule has 0 radical (unpaired) electrons. The summed E-state index contributed by atoms with van der Waals surface area (Å²) in [7, 11) is 0. The molecule has 5 rings (SSSR count). The lowest BCUT2D eigenvalue weighted by Crippen LogP contribution is -2.38. The predicted octanol–water partition coefficient (Wildman–Crippen LogP) is 7.67. The summed E-state index contributed by atoms with van der Waals surface area (Å²) >= 11 is 5.88. The number of carbonyl (C=O) groups is 3. The Labute approximate surface area is 322 Å². The zero-order chi connectivity index (χ0) is 39.4. The van der Waals surface area contributed by atoms with E-state index in [4.69, 9.17) is 26.5 Å². The summed E-state index contributed by atoms with van der Waals surface area (Å²) in [5, 5.41) is 18.8. The van der Waals surface area contributed by atoms with E-state index in [2.05, 4.69) is 32.4 Å². The number of carboxylic acid groups (broad SMARTS) is 1. The molecule has 2 aromatic carbocycles. The van der Waals surface area contributed by atoms with Crippen LogP contribution in [0.25, 0.3) is 5.65 Å². The van der Waals surface area contributed by atoms with Gasteiger partial charge in [-0.15, -0.1) is 5.10 Å². The van der Waals surface area contributed by atoms with Crippen LogP contribution in [-0.2, 0) is 20.5 Å². The minimum Gasteiger partial charge on any atom is -0.481 e. The highest BCUT2D eigenvalue weighted by molar-refractivity contribution is 6.31. The number of carboxylic acids is 1. The summed E-state index contributed by atoms with van der Waals surface area (Å²) < 4.78 is 47.6. The molecule has 15 heteroatoms. The van der Waals surface area contributed by atoms with E-state index in [1.54, 1.807) is 35.8 Å². The van der Waals surface area contributed by atoms with E-state index in [0.29, 0.717) is 48.5 Å². The number of amides is 2. The van der Waals surface area contributed by atoms with Crippen molar-refractivity contribution in [1.29, 1.82) is 0 Å². The van der Waals surface area contributed by atoms with Crippen LogP contribution in [0.15, 0.2) is 54.7 Å². The SMILES string of the molecule is Cc1c(C#Cc2cnc3ccc(N4CCC(OCCCNC(=O)CCCCCCCC(=O)O)CC4)nn23)cccc1C(=O)Nc1cc(Cl)cc(C(F)(F)F)c1. The lowest BCUT2D eigenvalue weighted by Gasteiger charge is -2.32. The van der Waals surface area contributed by atoms with Gasteiger partial charge in [-0.2, -0.15) is 13.2 Å². The molecular weight excluding hydrogens is 737 g/mol. The van der Waals surface area contributed by atoms with Gasteiger partial charge in [-0.05, 0) is 93.0 Å². The van der Waals surface area contributed by atoms with Gasteiger partial charge < -0.3 is 25.4 Å². The van der Waals surface area contributed by atoms with Gasteiger partial charge in [0.2, 0.25) is 5.91 Å². The Hall–Kier alpha value is -5.13. The number of nitrogens with one attached hydrogen (secondary N) is 2. The first-order chi connectivity index (χ1) is 26.4. The summed E-state index contributed by atoms with van der Waals surface area (Å²) in [6.07, 6.45) is 4.42. The van der Waals surface area contributed by atoms with Crippen LogP contribution in [-0.4, -0.2) is 69.8 Å². The number of aromatic nitrogens is 3. The maximum Gasteiger partial charge on any atom is 0.416 e. The van der Waals surface area contributed by atoms with Gasteiger partial charge in [0.15, 0.2) is 5.65 Å². The van der Waals surface area contributed by atoms with Crippen molar-refractivity contribution in [1.82, 2.24) is 19.9 Å². The number of rotatable bonds is 16. The van der Waals surface area contributed by atoms with Gasteiger partial charge in [-0.25, -0.2) is 9.50 Å². The highest BCUT2D eigenvalue weighted by Crippen LogP contribution is 2.33. The van der Waals surface area contributed by atoms with Crippen LogP contribution in [0, 0.1) is 18.8 Å². The van der Waals surface area contributed by atoms with E-state index in [-0.39, 0.29) is 34.7 Å². The first kappa shape index (κ1) is 41.0. The first-order valence-electron chi connectivity index (χ1n) is 18.4. The highest BCUT2D eigenvalue weighted by Gasteiger charge is 2.31. The van der Waals surface area contributed by atoms with Crippen molar-refractivity contribution in [2.75, 3.05) is 36.5 Å². The fourth-order valence-electron chi connectivity index (χ4n) is 6.27. The van der Waals surface area contributed by atoms with Crippen molar-refractivity contribution >= 4 is 46.5 Å². The fourth-order valence-corrected chi connectivity index (χ4v) is 6.51. The molecule has 1 fully saturated rings. The van der Waals surface area contributed by atoms with E-state index in [9.17, 15) is 27.6 Å². The minimum absolute atomic E-state index is 0.0330. The van der Waals surface area contributed by atoms with Gasteiger partial charge in [0.05, 0.1) is 17.9 Å². The van der Waals surface area contributed by atoms with Crippen LogP contribution in [0.2, 0.25) is 5.02 Å². The molecule has 1 aliphatic heterocycles. The van der Waals surface area contributed by atoms with Crippen LogP contribution in [0.1, 0.15) is 97.0 Å². The topological polar surface area (TPSA) is 138 Å². The zero-order valence-electron chi connectivity index (χ0n) is 30.6. The lowest BCUT2D eigenvalue weighted by atomic mass is 10.0. The molecule has 0 bridgehead atoms. The molecule has 3 N–H and O–H groups in total. The quantitative estimate of drug-likeness (QED) is 0.0779. The van der Waals surface area contributed by atoms with E-state index in [1.165, 1.54) is 6.07 Å². The second-order valence-electron chi connectivity index (χ2n) is 13.4. The molecule has 0 unspecified atom stereocenters. The molecule has 292 valence electrons. The molecule has 1 aliphatic rings. The Morgan fingerprint density at radius 2 is 1.73 bits per heavy atom. The number of unbranched alkanes of at least 4 members (excludes halogenated alkanes) is 4. The summed E-state index contributed by atoms with van der Waals surface area (Å²) in [6, 6.07) is 11.7. The molecule has 0 saturated carbocycles. The van der Waals surface area contributed by atoms with Gasteiger partial charge in [0, 0.05) is 60.9 Å². The van der Waals surface area contributed by atoms with Crippen molar-refractivity contribution in [3.8, 4) is 11.8 Å². The Kier molecular flexibility index (Phi) is 14.5. The molecule has 3 heterocycles. The summed E-state index contributed by atoms with van der Waals surface area (Å²) in [6.45, 7) is 4.36. The Morgan fingerprint density at radius 1 is 0.982 bits per heavy atom. The smallest absolute Gasteiger partial charge is 0.416 e. The van der Waals surface area contributed by atoms with Gasteiger partial charge >= 0.3 is 12.1 Å². The number of halogens is 4. The molecule has 4 aromatic rings. The summed E-state index contributed by atoms with van der Waals surface area (Å²) in [4.78, 5) is 42.4. The molecular formula is C40H44ClF3N6O5. The average molecular weight is 781 g/mol. The second-order valence-corrected chi connectivity index (χ2v) is 13.9. The largest absolute Gasteiger partial charge is 0.481 e. The number of alkyl halides is 3. The number of benzene rings is 2. The van der Waals surface area contributed by atoms with E-state index < -0.39 is 23.6 Å². The van der Waals surface area contributed by atoms with Crippen molar-refractivity contribution in [3.05, 3.63) is 87.7 Å². The number of hydrogen-bond donors (Lipinski definition) is 3. The Morgan fingerprint density at radius 3 is 2.47 bits per heavy atom. The fraction of sp³-hybridized carbons (Fsp3) is 0.425. The third kappa shape index (κ3) is 12.2. The molecule has 2 amide bonds. The third-order valence-corrected chi connectivity index (χ3v) is 9.51. The van der Waals surface area contributed by atoms with Crippen LogP contribution in [0.5, 0.6) is 0 Å². The summed E-state index contributed by atoms with van der Waals surface area (Å²) in [5.74, 6) is 5.65. The number of fused-ring (bicyclic) bond motifs is 1. The van der Waals surface area contributed by atoms with Crippen LogP contribution in [0.4, 0.5) is 24.7 Å².